The summed E-state index contributed by atoms with van der Waals surface area (Å²) in [4.78, 5) is 0. The van der Waals surface area contributed by atoms with Crippen LogP contribution in [0, 0.1) is 20.8 Å². The van der Waals surface area contributed by atoms with Crippen LogP contribution < -0.4 is 5.32 Å². The molecule has 4 aromatic carbocycles. The van der Waals surface area contributed by atoms with Crippen molar-refractivity contribution in [2.24, 2.45) is 0 Å². The number of aryl methyl sites for hydroxylation is 3. The van der Waals surface area contributed by atoms with Crippen molar-refractivity contribution in [3.05, 3.63) is 130 Å². The van der Waals surface area contributed by atoms with Crippen LogP contribution in [-0.4, -0.2) is 0 Å². The molecule has 0 atom stereocenters. The fourth-order valence-electron chi connectivity index (χ4n) is 3.49. The first kappa shape index (κ1) is 19.7. The molecule has 0 bridgehead atoms. The number of benzene rings is 4. The van der Waals surface area contributed by atoms with Crippen LogP contribution in [0.15, 0.2) is 97.1 Å². The van der Waals surface area contributed by atoms with Gasteiger partial charge in [-0.3, -0.25) is 0 Å². The second kappa shape index (κ2) is 8.84. The predicted octanol–water partition coefficient (Wildman–Crippen LogP) is 7.94. The summed E-state index contributed by atoms with van der Waals surface area (Å²) in [6.45, 7) is 6.43. The molecule has 0 spiro atoms. The summed E-state index contributed by atoms with van der Waals surface area (Å²) in [5.74, 6) is 0. The molecule has 0 unspecified atom stereocenters. The fraction of sp³-hybridized carbons (Fsp3) is 0.103. The molecule has 0 saturated heterocycles. The maximum atomic E-state index is 3.47. The first-order chi connectivity index (χ1) is 14.6. The first-order valence-electron chi connectivity index (χ1n) is 10.4. The lowest BCUT2D eigenvalue weighted by atomic mass is 9.93. The molecule has 0 aromatic heterocycles. The van der Waals surface area contributed by atoms with E-state index in [1.54, 1.807) is 0 Å². The van der Waals surface area contributed by atoms with Crippen molar-refractivity contribution in [1.82, 2.24) is 0 Å². The van der Waals surface area contributed by atoms with E-state index in [-0.39, 0.29) is 0 Å². The van der Waals surface area contributed by atoms with E-state index in [0.29, 0.717) is 0 Å². The van der Waals surface area contributed by atoms with E-state index in [1.807, 2.05) is 0 Å². The lowest BCUT2D eigenvalue weighted by Crippen LogP contribution is -1.92. The summed E-state index contributed by atoms with van der Waals surface area (Å²) in [6, 6.07) is 34.4. The Morgan fingerprint density at radius 1 is 0.600 bits per heavy atom. The first-order valence-corrected chi connectivity index (χ1v) is 10.4. The normalized spacial score (nSPS) is 11.4. The Balaban J connectivity index is 1.66. The molecule has 4 rings (SSSR count). The van der Waals surface area contributed by atoms with Crippen molar-refractivity contribution in [3.63, 3.8) is 0 Å². The van der Waals surface area contributed by atoms with Gasteiger partial charge in [-0.1, -0.05) is 78.4 Å². The van der Waals surface area contributed by atoms with Gasteiger partial charge in [0, 0.05) is 11.4 Å². The highest BCUT2D eigenvalue weighted by molar-refractivity contribution is 5.91. The van der Waals surface area contributed by atoms with Crippen molar-refractivity contribution < 1.29 is 0 Å². The Hall–Kier alpha value is -3.58. The molecule has 0 aliphatic rings. The number of rotatable bonds is 5. The molecule has 0 aliphatic heterocycles. The van der Waals surface area contributed by atoms with Gasteiger partial charge in [-0.2, -0.15) is 0 Å². The van der Waals surface area contributed by atoms with Gasteiger partial charge in [0.2, 0.25) is 0 Å². The zero-order chi connectivity index (χ0) is 20.9. The van der Waals surface area contributed by atoms with Crippen molar-refractivity contribution in [1.29, 1.82) is 0 Å². The zero-order valence-corrected chi connectivity index (χ0v) is 17.8. The number of hydrogen-bond donors (Lipinski definition) is 1. The van der Waals surface area contributed by atoms with Gasteiger partial charge in [0.15, 0.2) is 0 Å². The Morgan fingerprint density at radius 3 is 1.87 bits per heavy atom. The highest BCUT2D eigenvalue weighted by Crippen LogP contribution is 2.28. The molecule has 0 amide bonds. The van der Waals surface area contributed by atoms with E-state index < -0.39 is 0 Å². The summed E-state index contributed by atoms with van der Waals surface area (Å²) in [7, 11) is 0. The molecule has 4 aromatic rings. The Labute approximate surface area is 179 Å². The summed E-state index contributed by atoms with van der Waals surface area (Å²) in [5.41, 5.74) is 11.0. The molecular weight excluding hydrogens is 362 g/mol. The van der Waals surface area contributed by atoms with E-state index in [2.05, 4.69) is 129 Å². The average molecular weight is 390 g/mol. The molecular formula is C29H27N. The summed E-state index contributed by atoms with van der Waals surface area (Å²) in [6.07, 6.45) is 2.27. The molecule has 0 heterocycles. The maximum Gasteiger partial charge on any atom is 0.0384 e. The van der Waals surface area contributed by atoms with Crippen LogP contribution in [0.4, 0.5) is 11.4 Å². The highest BCUT2D eigenvalue weighted by Gasteiger charge is 2.07. The van der Waals surface area contributed by atoms with Crippen molar-refractivity contribution in [3.8, 4) is 0 Å². The predicted molar refractivity (Wildman–Crippen MR) is 130 cm³/mol. The van der Waals surface area contributed by atoms with Gasteiger partial charge < -0.3 is 5.32 Å². The van der Waals surface area contributed by atoms with E-state index in [1.165, 1.54) is 39.0 Å². The standard InChI is InChI=1S/C29H27N/c1-21-9-15-27(16-10-21)30-28-17-12-24(13-18-28)20-29(25-7-5-4-6-8-25)26-14-11-22(2)23(3)19-26/h4-20,30H,1-3H3. The lowest BCUT2D eigenvalue weighted by molar-refractivity contribution is 1.33. The van der Waals surface area contributed by atoms with Crippen LogP contribution in [0.3, 0.4) is 0 Å². The maximum absolute atomic E-state index is 3.47. The summed E-state index contributed by atoms with van der Waals surface area (Å²) >= 11 is 0. The van der Waals surface area contributed by atoms with E-state index >= 15 is 0 Å². The molecule has 0 fully saturated rings. The van der Waals surface area contributed by atoms with Crippen LogP contribution in [0.25, 0.3) is 11.6 Å². The van der Waals surface area contributed by atoms with Gasteiger partial charge in [0.25, 0.3) is 0 Å². The highest BCUT2D eigenvalue weighted by atomic mass is 14.9. The van der Waals surface area contributed by atoms with Gasteiger partial charge in [0.1, 0.15) is 0 Å². The molecule has 1 nitrogen and oxygen atoms in total. The monoisotopic (exact) mass is 389 g/mol. The fourth-order valence-corrected chi connectivity index (χ4v) is 3.49. The van der Waals surface area contributed by atoms with Gasteiger partial charge in [-0.25, -0.2) is 0 Å². The molecule has 0 saturated carbocycles. The SMILES string of the molecule is Cc1ccc(Nc2ccc(C=C(c3ccccc3)c3ccc(C)c(C)c3)cc2)cc1. The molecule has 0 aliphatic carbocycles. The molecule has 1 heteroatoms. The number of nitrogens with one attached hydrogen (secondary N) is 1. The smallest absolute Gasteiger partial charge is 0.0384 e. The van der Waals surface area contributed by atoms with Crippen LogP contribution >= 0.6 is 0 Å². The lowest BCUT2D eigenvalue weighted by Gasteiger charge is -2.12. The van der Waals surface area contributed by atoms with Crippen LogP contribution in [0.1, 0.15) is 33.4 Å². The third-order valence-corrected chi connectivity index (χ3v) is 5.46. The van der Waals surface area contributed by atoms with Crippen molar-refractivity contribution >= 4 is 23.0 Å². The minimum Gasteiger partial charge on any atom is -0.356 e. The van der Waals surface area contributed by atoms with Gasteiger partial charge in [0.05, 0.1) is 0 Å². The Morgan fingerprint density at radius 2 is 1.23 bits per heavy atom. The quantitative estimate of drug-likeness (QED) is 0.342. The summed E-state index contributed by atoms with van der Waals surface area (Å²) in [5, 5.41) is 3.47. The minimum atomic E-state index is 1.09. The van der Waals surface area contributed by atoms with Crippen LogP contribution in [0.2, 0.25) is 0 Å². The largest absolute Gasteiger partial charge is 0.356 e. The van der Waals surface area contributed by atoms with Crippen molar-refractivity contribution in [2.75, 3.05) is 5.32 Å². The Kier molecular flexibility index (Phi) is 5.81. The minimum absolute atomic E-state index is 1.09. The number of hydrogen-bond acceptors (Lipinski definition) is 1. The zero-order valence-electron chi connectivity index (χ0n) is 17.8. The van der Waals surface area contributed by atoms with Crippen LogP contribution in [-0.2, 0) is 0 Å². The number of anilines is 2. The van der Waals surface area contributed by atoms with Gasteiger partial charge in [-0.05, 0) is 84.5 Å². The van der Waals surface area contributed by atoms with Crippen LogP contribution in [0.5, 0.6) is 0 Å². The van der Waals surface area contributed by atoms with Gasteiger partial charge >= 0.3 is 0 Å². The van der Waals surface area contributed by atoms with Gasteiger partial charge in [-0.15, -0.1) is 0 Å². The second-order valence-electron chi connectivity index (χ2n) is 7.84. The molecule has 30 heavy (non-hydrogen) atoms. The van der Waals surface area contributed by atoms with Crippen molar-refractivity contribution in [2.45, 2.75) is 20.8 Å². The van der Waals surface area contributed by atoms with E-state index in [9.17, 15) is 0 Å². The average Bonchev–Trinajstić information content (AvgIpc) is 2.77. The third kappa shape index (κ3) is 4.69. The van der Waals surface area contributed by atoms with E-state index in [0.717, 1.165) is 11.4 Å². The summed E-state index contributed by atoms with van der Waals surface area (Å²) < 4.78 is 0. The van der Waals surface area contributed by atoms with E-state index in [4.69, 9.17) is 0 Å². The second-order valence-corrected chi connectivity index (χ2v) is 7.84. The Bertz CT molecular complexity index is 1150. The molecule has 1 N–H and O–H groups in total. The third-order valence-electron chi connectivity index (χ3n) is 5.46. The topological polar surface area (TPSA) is 12.0 Å². The molecule has 148 valence electrons. The molecule has 0 radical (unpaired) electrons.